The summed E-state index contributed by atoms with van der Waals surface area (Å²) in [4.78, 5) is 8.83. The quantitative estimate of drug-likeness (QED) is 0.729. The molecule has 4 N–H and O–H groups in total. The summed E-state index contributed by atoms with van der Waals surface area (Å²) in [5, 5.41) is 10.7. The van der Waals surface area contributed by atoms with Crippen molar-refractivity contribution in [3.63, 3.8) is 0 Å². The second kappa shape index (κ2) is 5.26. The number of anilines is 1. The molecule has 0 aliphatic carbocycles. The van der Waals surface area contributed by atoms with Gasteiger partial charge in [0.25, 0.3) is 0 Å². The van der Waals surface area contributed by atoms with E-state index in [1.165, 1.54) is 12.4 Å². The summed E-state index contributed by atoms with van der Waals surface area (Å²) in [6, 6.07) is 6.21. The maximum atomic E-state index is 7.31. The molecule has 1 fully saturated rings. The molecule has 0 radical (unpaired) electrons. The van der Waals surface area contributed by atoms with E-state index in [1.807, 2.05) is 18.2 Å². The summed E-state index contributed by atoms with van der Waals surface area (Å²) in [6.45, 7) is 1.47. The molecule has 20 heavy (non-hydrogen) atoms. The Morgan fingerprint density at radius 3 is 2.90 bits per heavy atom. The van der Waals surface area contributed by atoms with Gasteiger partial charge in [0.2, 0.25) is 0 Å². The Balaban J connectivity index is 1.95. The molecule has 0 saturated carbocycles. The van der Waals surface area contributed by atoms with Gasteiger partial charge in [-0.1, -0.05) is 0 Å². The second-order valence-corrected chi connectivity index (χ2v) is 4.60. The number of nitrogens with two attached hydrogens (primary N) is 1. The van der Waals surface area contributed by atoms with Crippen LogP contribution in [0.3, 0.4) is 0 Å². The molecule has 0 unspecified atom stereocenters. The van der Waals surface area contributed by atoms with Crippen LogP contribution in [0, 0.1) is 5.41 Å². The van der Waals surface area contributed by atoms with Crippen molar-refractivity contribution < 1.29 is 4.74 Å². The number of rotatable bonds is 4. The van der Waals surface area contributed by atoms with Crippen LogP contribution in [0.1, 0.15) is 5.69 Å². The number of hydrogen-bond acceptors (Lipinski definition) is 6. The molecular weight excluding hydrogens is 254 g/mol. The Kier molecular flexibility index (Phi) is 3.30. The average Bonchev–Trinajstić information content (AvgIpc) is 2.44. The first-order valence-corrected chi connectivity index (χ1v) is 6.34. The number of nitrogens with one attached hydrogen (secondary N) is 2. The molecule has 6 nitrogen and oxygen atoms in total. The van der Waals surface area contributed by atoms with Crippen molar-refractivity contribution in [3.05, 3.63) is 36.3 Å². The number of benzene rings is 1. The minimum Gasteiger partial charge on any atom is -0.404 e. The lowest BCUT2D eigenvalue weighted by atomic mass is 10.2. The zero-order chi connectivity index (χ0) is 13.9. The fourth-order valence-corrected chi connectivity index (χ4v) is 2.00. The maximum Gasteiger partial charge on any atom is 0.0922 e. The summed E-state index contributed by atoms with van der Waals surface area (Å²) in [5.41, 5.74) is 9.19. The standard InChI is InChI=1S/C14H15N5O/c15-4-9(5-16)14-6-17-12-2-1-10(3-13(12)19-14)18-11-7-20-8-11/h1-6,11,15,18H,7-8,16H2/b9-5+,15-4?. The highest BCUT2D eigenvalue weighted by Gasteiger charge is 2.17. The van der Waals surface area contributed by atoms with Crippen LogP contribution in [0.2, 0.25) is 0 Å². The summed E-state index contributed by atoms with van der Waals surface area (Å²) < 4.78 is 5.14. The molecule has 102 valence electrons. The predicted octanol–water partition coefficient (Wildman–Crippen LogP) is 1.39. The smallest absolute Gasteiger partial charge is 0.0922 e. The third-order valence-corrected chi connectivity index (χ3v) is 3.18. The Hall–Kier alpha value is -2.47. The largest absolute Gasteiger partial charge is 0.404 e. The molecule has 0 atom stereocenters. The Labute approximate surface area is 116 Å². The van der Waals surface area contributed by atoms with Crippen LogP contribution in [0.15, 0.2) is 30.6 Å². The maximum absolute atomic E-state index is 7.31. The molecule has 0 bridgehead atoms. The molecule has 1 aromatic carbocycles. The normalized spacial score (nSPS) is 15.9. The van der Waals surface area contributed by atoms with Crippen molar-refractivity contribution in [1.29, 1.82) is 5.41 Å². The van der Waals surface area contributed by atoms with Gasteiger partial charge in [-0.15, -0.1) is 0 Å². The van der Waals surface area contributed by atoms with Crippen LogP contribution in [0.4, 0.5) is 5.69 Å². The van der Waals surface area contributed by atoms with Gasteiger partial charge in [-0.3, -0.25) is 4.98 Å². The van der Waals surface area contributed by atoms with Gasteiger partial charge in [-0.25, -0.2) is 4.98 Å². The van der Waals surface area contributed by atoms with Gasteiger partial charge in [-0.2, -0.15) is 0 Å². The van der Waals surface area contributed by atoms with E-state index in [-0.39, 0.29) is 0 Å². The topological polar surface area (TPSA) is 96.9 Å². The number of ether oxygens (including phenoxy) is 1. The summed E-state index contributed by atoms with van der Waals surface area (Å²) in [7, 11) is 0. The van der Waals surface area contributed by atoms with Crippen molar-refractivity contribution >= 4 is 28.5 Å². The van der Waals surface area contributed by atoms with Gasteiger partial charge in [0.15, 0.2) is 0 Å². The van der Waals surface area contributed by atoms with Gasteiger partial charge in [0, 0.05) is 23.7 Å². The van der Waals surface area contributed by atoms with Gasteiger partial charge in [-0.05, 0) is 18.2 Å². The summed E-state index contributed by atoms with van der Waals surface area (Å²) >= 11 is 0. The lowest BCUT2D eigenvalue weighted by Gasteiger charge is -2.27. The molecule has 1 aliphatic rings. The highest BCUT2D eigenvalue weighted by molar-refractivity contribution is 6.07. The van der Waals surface area contributed by atoms with E-state index in [2.05, 4.69) is 15.3 Å². The molecule has 3 rings (SSSR count). The lowest BCUT2D eigenvalue weighted by Crippen LogP contribution is -2.40. The fourth-order valence-electron chi connectivity index (χ4n) is 2.00. The van der Waals surface area contributed by atoms with Gasteiger partial charge < -0.3 is 21.2 Å². The van der Waals surface area contributed by atoms with Crippen molar-refractivity contribution in [3.8, 4) is 0 Å². The van der Waals surface area contributed by atoms with E-state index in [1.54, 1.807) is 6.20 Å². The first-order valence-electron chi connectivity index (χ1n) is 6.34. The Bertz CT molecular complexity index is 678. The molecular formula is C14H15N5O. The number of hydrogen-bond donors (Lipinski definition) is 3. The van der Waals surface area contributed by atoms with Crippen molar-refractivity contribution in [2.24, 2.45) is 5.73 Å². The van der Waals surface area contributed by atoms with Gasteiger partial charge >= 0.3 is 0 Å². The molecule has 1 saturated heterocycles. The van der Waals surface area contributed by atoms with Gasteiger partial charge in [0.1, 0.15) is 0 Å². The third-order valence-electron chi connectivity index (χ3n) is 3.18. The number of nitrogens with zero attached hydrogens (tertiary/aromatic N) is 2. The Morgan fingerprint density at radius 2 is 2.25 bits per heavy atom. The lowest BCUT2D eigenvalue weighted by molar-refractivity contribution is 0.0211. The van der Waals surface area contributed by atoms with E-state index < -0.39 is 0 Å². The SMILES string of the molecule is N=C/C(=C\N)c1cnc2ccc(NC3COC3)cc2n1. The molecule has 2 heterocycles. The highest BCUT2D eigenvalue weighted by atomic mass is 16.5. The van der Waals surface area contributed by atoms with E-state index >= 15 is 0 Å². The van der Waals surface area contributed by atoms with E-state index in [0.717, 1.165) is 29.9 Å². The highest BCUT2D eigenvalue weighted by Crippen LogP contribution is 2.19. The first kappa shape index (κ1) is 12.6. The first-order chi connectivity index (χ1) is 9.80. The minimum atomic E-state index is 0.365. The van der Waals surface area contributed by atoms with E-state index in [9.17, 15) is 0 Å². The molecule has 1 aromatic heterocycles. The minimum absolute atomic E-state index is 0.365. The zero-order valence-corrected chi connectivity index (χ0v) is 10.8. The summed E-state index contributed by atoms with van der Waals surface area (Å²) in [6.07, 6.45) is 4.15. The Morgan fingerprint density at radius 1 is 1.40 bits per heavy atom. The molecule has 1 aliphatic heterocycles. The zero-order valence-electron chi connectivity index (χ0n) is 10.8. The van der Waals surface area contributed by atoms with E-state index in [0.29, 0.717) is 17.3 Å². The monoisotopic (exact) mass is 269 g/mol. The van der Waals surface area contributed by atoms with Crippen molar-refractivity contribution in [1.82, 2.24) is 9.97 Å². The average molecular weight is 269 g/mol. The predicted molar refractivity (Wildman–Crippen MR) is 78.7 cm³/mol. The second-order valence-electron chi connectivity index (χ2n) is 4.60. The van der Waals surface area contributed by atoms with Crippen LogP contribution in [-0.4, -0.2) is 35.4 Å². The van der Waals surface area contributed by atoms with Crippen LogP contribution in [0.25, 0.3) is 16.6 Å². The van der Waals surface area contributed by atoms with Crippen molar-refractivity contribution in [2.45, 2.75) is 6.04 Å². The van der Waals surface area contributed by atoms with Crippen molar-refractivity contribution in [2.75, 3.05) is 18.5 Å². The van der Waals surface area contributed by atoms with Crippen LogP contribution < -0.4 is 11.1 Å². The molecule has 0 spiro atoms. The molecule has 0 amide bonds. The number of allylic oxidation sites excluding steroid dienone is 1. The molecule has 2 aromatic rings. The fraction of sp³-hybridized carbons (Fsp3) is 0.214. The molecule has 6 heteroatoms. The van der Waals surface area contributed by atoms with Gasteiger partial charge in [0.05, 0.1) is 42.2 Å². The number of fused-ring (bicyclic) bond motifs is 1. The van der Waals surface area contributed by atoms with Crippen LogP contribution >= 0.6 is 0 Å². The van der Waals surface area contributed by atoms with E-state index in [4.69, 9.17) is 15.9 Å². The van der Waals surface area contributed by atoms with Crippen LogP contribution in [-0.2, 0) is 4.74 Å². The van der Waals surface area contributed by atoms with Crippen LogP contribution in [0.5, 0.6) is 0 Å². The third kappa shape index (κ3) is 2.33. The number of aromatic nitrogens is 2. The summed E-state index contributed by atoms with van der Waals surface area (Å²) in [5.74, 6) is 0.